The van der Waals surface area contributed by atoms with Crippen molar-refractivity contribution in [3.05, 3.63) is 36.0 Å². The number of hydrogen-bond acceptors (Lipinski definition) is 2. The molecule has 1 aromatic heterocycles. The first kappa shape index (κ1) is 13.2. The number of aromatic nitrogens is 1. The van der Waals surface area contributed by atoms with Crippen LogP contribution in [0.25, 0.3) is 10.9 Å². The number of nitrogens with zero attached hydrogens (tertiary/aromatic N) is 1. The summed E-state index contributed by atoms with van der Waals surface area (Å²) in [6, 6.07) is 10.1. The average molecular weight is 255 g/mol. The van der Waals surface area contributed by atoms with Gasteiger partial charge in [0.05, 0.1) is 6.07 Å². The van der Waals surface area contributed by atoms with Gasteiger partial charge in [0.2, 0.25) is 5.91 Å². The molecule has 98 valence electrons. The number of para-hydroxylation sites is 1. The van der Waals surface area contributed by atoms with Crippen LogP contribution in [0.4, 0.5) is 0 Å². The highest BCUT2D eigenvalue weighted by Crippen LogP contribution is 2.18. The van der Waals surface area contributed by atoms with Crippen LogP contribution in [0.15, 0.2) is 30.5 Å². The molecule has 2 N–H and O–H groups in total. The van der Waals surface area contributed by atoms with Crippen LogP contribution in [0.5, 0.6) is 0 Å². The Hall–Kier alpha value is -2.28. The standard InChI is InChI=1S/C15H17N3O/c16-9-3-4-10-17-15(19)8-7-12-11-18-14-6-2-1-5-13(12)14/h1-2,5-6,11,18H,3-4,7-8,10H2,(H,17,19). The first-order valence-corrected chi connectivity index (χ1v) is 6.50. The number of benzene rings is 1. The van der Waals surface area contributed by atoms with E-state index in [1.54, 1.807) is 0 Å². The molecule has 0 saturated heterocycles. The molecule has 0 aliphatic rings. The van der Waals surface area contributed by atoms with Crippen LogP contribution >= 0.6 is 0 Å². The molecule has 0 fully saturated rings. The van der Waals surface area contributed by atoms with Gasteiger partial charge in [-0.25, -0.2) is 0 Å². The van der Waals surface area contributed by atoms with Gasteiger partial charge in [0, 0.05) is 36.5 Å². The Morgan fingerprint density at radius 2 is 2.21 bits per heavy atom. The molecule has 0 aliphatic heterocycles. The zero-order valence-corrected chi connectivity index (χ0v) is 10.8. The molecule has 19 heavy (non-hydrogen) atoms. The third-order valence-electron chi connectivity index (χ3n) is 3.08. The van der Waals surface area contributed by atoms with Crippen molar-refractivity contribution >= 4 is 16.8 Å². The zero-order valence-electron chi connectivity index (χ0n) is 10.8. The molecule has 1 heterocycles. The molecular weight excluding hydrogens is 238 g/mol. The minimum absolute atomic E-state index is 0.0446. The molecule has 1 amide bonds. The Balaban J connectivity index is 1.82. The maximum Gasteiger partial charge on any atom is 0.220 e. The van der Waals surface area contributed by atoms with Crippen LogP contribution in [-0.4, -0.2) is 17.4 Å². The van der Waals surface area contributed by atoms with Gasteiger partial charge in [0.1, 0.15) is 0 Å². The topological polar surface area (TPSA) is 68.7 Å². The summed E-state index contributed by atoms with van der Waals surface area (Å²) in [5.74, 6) is 0.0446. The molecule has 0 radical (unpaired) electrons. The summed E-state index contributed by atoms with van der Waals surface area (Å²) in [5.41, 5.74) is 2.27. The van der Waals surface area contributed by atoms with Gasteiger partial charge < -0.3 is 10.3 Å². The van der Waals surface area contributed by atoms with E-state index in [2.05, 4.69) is 22.4 Å². The van der Waals surface area contributed by atoms with Gasteiger partial charge in [-0.1, -0.05) is 18.2 Å². The number of carbonyl (C=O) groups excluding carboxylic acids is 1. The highest BCUT2D eigenvalue weighted by Gasteiger charge is 2.06. The molecule has 0 saturated carbocycles. The number of amides is 1. The van der Waals surface area contributed by atoms with Gasteiger partial charge in [-0.3, -0.25) is 4.79 Å². The first-order chi connectivity index (χ1) is 9.31. The molecule has 0 atom stereocenters. The van der Waals surface area contributed by atoms with E-state index in [4.69, 9.17) is 5.26 Å². The summed E-state index contributed by atoms with van der Waals surface area (Å²) in [4.78, 5) is 14.8. The maximum atomic E-state index is 11.6. The van der Waals surface area contributed by atoms with Crippen molar-refractivity contribution in [2.45, 2.75) is 25.7 Å². The summed E-state index contributed by atoms with van der Waals surface area (Å²) in [7, 11) is 0. The van der Waals surface area contributed by atoms with E-state index in [1.165, 1.54) is 10.9 Å². The highest BCUT2D eigenvalue weighted by molar-refractivity contribution is 5.84. The zero-order chi connectivity index (χ0) is 13.5. The second-order valence-electron chi connectivity index (χ2n) is 4.47. The summed E-state index contributed by atoms with van der Waals surface area (Å²) >= 11 is 0. The van der Waals surface area contributed by atoms with Crippen molar-refractivity contribution in [1.29, 1.82) is 5.26 Å². The summed E-state index contributed by atoms with van der Waals surface area (Å²) in [6.45, 7) is 0.584. The largest absolute Gasteiger partial charge is 0.361 e. The van der Waals surface area contributed by atoms with Crippen LogP contribution < -0.4 is 5.32 Å². The molecule has 0 unspecified atom stereocenters. The maximum absolute atomic E-state index is 11.6. The fourth-order valence-electron chi connectivity index (χ4n) is 2.07. The molecule has 0 spiro atoms. The third-order valence-corrected chi connectivity index (χ3v) is 3.08. The molecule has 4 nitrogen and oxygen atoms in total. The van der Waals surface area contributed by atoms with Crippen molar-refractivity contribution in [2.24, 2.45) is 0 Å². The van der Waals surface area contributed by atoms with Gasteiger partial charge in [-0.05, 0) is 24.5 Å². The van der Waals surface area contributed by atoms with Crippen molar-refractivity contribution in [1.82, 2.24) is 10.3 Å². The fraction of sp³-hybridized carbons (Fsp3) is 0.333. The Labute approximate surface area is 112 Å². The quantitative estimate of drug-likeness (QED) is 0.779. The van der Waals surface area contributed by atoms with Crippen molar-refractivity contribution < 1.29 is 4.79 Å². The van der Waals surface area contributed by atoms with Crippen molar-refractivity contribution in [3.63, 3.8) is 0 Å². The number of hydrogen-bond donors (Lipinski definition) is 2. The average Bonchev–Trinajstić information content (AvgIpc) is 2.85. The SMILES string of the molecule is N#CCCCNC(=O)CCc1c[nH]c2ccccc12. The van der Waals surface area contributed by atoms with E-state index in [0.29, 0.717) is 19.4 Å². The lowest BCUT2D eigenvalue weighted by Gasteiger charge is -2.03. The van der Waals surface area contributed by atoms with E-state index in [0.717, 1.165) is 18.4 Å². The van der Waals surface area contributed by atoms with Crippen LogP contribution in [0.2, 0.25) is 0 Å². The minimum Gasteiger partial charge on any atom is -0.361 e. The Morgan fingerprint density at radius 1 is 1.37 bits per heavy atom. The predicted octanol–water partition coefficient (Wildman–Crippen LogP) is 2.52. The molecule has 1 aromatic carbocycles. The van der Waals surface area contributed by atoms with Gasteiger partial charge in [0.15, 0.2) is 0 Å². The number of unbranched alkanes of at least 4 members (excludes halogenated alkanes) is 1. The van der Waals surface area contributed by atoms with E-state index in [1.807, 2.05) is 24.4 Å². The van der Waals surface area contributed by atoms with Gasteiger partial charge in [-0.2, -0.15) is 5.26 Å². The minimum atomic E-state index is 0.0446. The number of fused-ring (bicyclic) bond motifs is 1. The second kappa shape index (κ2) is 6.60. The summed E-state index contributed by atoms with van der Waals surface area (Å²) in [6.07, 6.45) is 4.38. The van der Waals surface area contributed by atoms with Crippen LogP contribution in [0.3, 0.4) is 0 Å². The summed E-state index contributed by atoms with van der Waals surface area (Å²) < 4.78 is 0. The molecular formula is C15H17N3O. The Kier molecular flexibility index (Phi) is 4.57. The van der Waals surface area contributed by atoms with E-state index in [-0.39, 0.29) is 5.91 Å². The Bertz CT molecular complexity index is 595. The van der Waals surface area contributed by atoms with Gasteiger partial charge >= 0.3 is 0 Å². The molecule has 2 rings (SSSR count). The van der Waals surface area contributed by atoms with E-state index >= 15 is 0 Å². The highest BCUT2D eigenvalue weighted by atomic mass is 16.1. The molecule has 4 heteroatoms. The lowest BCUT2D eigenvalue weighted by molar-refractivity contribution is -0.121. The fourth-order valence-corrected chi connectivity index (χ4v) is 2.07. The van der Waals surface area contributed by atoms with Crippen LogP contribution in [-0.2, 0) is 11.2 Å². The van der Waals surface area contributed by atoms with E-state index in [9.17, 15) is 4.79 Å². The monoisotopic (exact) mass is 255 g/mol. The molecule has 0 aliphatic carbocycles. The number of aromatic amines is 1. The molecule has 2 aromatic rings. The number of nitriles is 1. The number of nitrogens with one attached hydrogen (secondary N) is 2. The number of rotatable bonds is 6. The summed E-state index contributed by atoms with van der Waals surface area (Å²) in [5, 5.41) is 12.4. The van der Waals surface area contributed by atoms with Crippen molar-refractivity contribution in [3.8, 4) is 6.07 Å². The third kappa shape index (κ3) is 3.59. The lowest BCUT2D eigenvalue weighted by atomic mass is 10.1. The Morgan fingerprint density at radius 3 is 3.05 bits per heavy atom. The van der Waals surface area contributed by atoms with E-state index < -0.39 is 0 Å². The number of aryl methyl sites for hydroxylation is 1. The van der Waals surface area contributed by atoms with Crippen LogP contribution in [0.1, 0.15) is 24.8 Å². The second-order valence-corrected chi connectivity index (χ2v) is 4.47. The lowest BCUT2D eigenvalue weighted by Crippen LogP contribution is -2.24. The van der Waals surface area contributed by atoms with Crippen LogP contribution in [0, 0.1) is 11.3 Å². The normalized spacial score (nSPS) is 10.3. The van der Waals surface area contributed by atoms with Gasteiger partial charge in [-0.15, -0.1) is 0 Å². The van der Waals surface area contributed by atoms with Crippen molar-refractivity contribution in [2.75, 3.05) is 6.54 Å². The number of carbonyl (C=O) groups is 1. The first-order valence-electron chi connectivity index (χ1n) is 6.50. The predicted molar refractivity (Wildman–Crippen MR) is 74.5 cm³/mol. The molecule has 0 bridgehead atoms. The smallest absolute Gasteiger partial charge is 0.220 e. The van der Waals surface area contributed by atoms with Gasteiger partial charge in [0.25, 0.3) is 0 Å². The number of H-pyrrole nitrogens is 1.